The van der Waals surface area contributed by atoms with Crippen molar-refractivity contribution in [2.45, 2.75) is 24.5 Å². The van der Waals surface area contributed by atoms with Crippen LogP contribution in [0.1, 0.15) is 22.9 Å². The average Bonchev–Trinajstić information content (AvgIpc) is 2.88. The standard InChI is InChI=1S/C12H10BrF3N4O/c13-3-10-19-8-1-2-20(6-9(8)21-10)11-17-4-7(5-18-11)12(14,15)16/h4-5H,1-3,6H2. The number of halogens is 4. The highest BCUT2D eigenvalue weighted by atomic mass is 79.9. The van der Waals surface area contributed by atoms with Crippen LogP contribution >= 0.6 is 15.9 Å². The third-order valence-electron chi connectivity index (χ3n) is 3.14. The Kier molecular flexibility index (Phi) is 3.60. The zero-order chi connectivity index (χ0) is 15.0. The molecule has 0 fully saturated rings. The maximum atomic E-state index is 12.5. The molecule has 3 heterocycles. The first-order chi connectivity index (χ1) is 9.97. The van der Waals surface area contributed by atoms with Gasteiger partial charge in [-0.25, -0.2) is 15.0 Å². The predicted molar refractivity (Wildman–Crippen MR) is 70.9 cm³/mol. The number of rotatable bonds is 2. The van der Waals surface area contributed by atoms with E-state index in [1.165, 1.54) is 0 Å². The van der Waals surface area contributed by atoms with Gasteiger partial charge in [0.05, 0.1) is 23.1 Å². The zero-order valence-electron chi connectivity index (χ0n) is 10.7. The van der Waals surface area contributed by atoms with Gasteiger partial charge in [-0.05, 0) is 0 Å². The topological polar surface area (TPSA) is 55.1 Å². The van der Waals surface area contributed by atoms with E-state index in [0.717, 1.165) is 18.1 Å². The van der Waals surface area contributed by atoms with Crippen LogP contribution < -0.4 is 4.90 Å². The number of hydrogen-bond acceptors (Lipinski definition) is 5. The molecular weight excluding hydrogens is 353 g/mol. The monoisotopic (exact) mass is 362 g/mol. The Hall–Kier alpha value is -1.64. The molecule has 0 N–H and O–H groups in total. The van der Waals surface area contributed by atoms with Crippen LogP contribution in [0.2, 0.25) is 0 Å². The van der Waals surface area contributed by atoms with E-state index in [1.807, 2.05) is 0 Å². The largest absolute Gasteiger partial charge is 0.443 e. The van der Waals surface area contributed by atoms with Crippen molar-refractivity contribution in [3.05, 3.63) is 35.3 Å². The second-order valence-corrected chi connectivity index (χ2v) is 5.11. The van der Waals surface area contributed by atoms with Gasteiger partial charge in [0.25, 0.3) is 0 Å². The molecule has 0 saturated carbocycles. The summed E-state index contributed by atoms with van der Waals surface area (Å²) in [6.07, 6.45) is -2.19. The Morgan fingerprint density at radius 1 is 1.29 bits per heavy atom. The molecule has 21 heavy (non-hydrogen) atoms. The summed E-state index contributed by atoms with van der Waals surface area (Å²) in [4.78, 5) is 13.7. The lowest BCUT2D eigenvalue weighted by Crippen LogP contribution is -2.31. The molecule has 0 amide bonds. The highest BCUT2D eigenvalue weighted by molar-refractivity contribution is 9.08. The Balaban J connectivity index is 1.79. The fourth-order valence-corrected chi connectivity index (χ4v) is 2.35. The second-order valence-electron chi connectivity index (χ2n) is 4.55. The van der Waals surface area contributed by atoms with E-state index < -0.39 is 11.7 Å². The van der Waals surface area contributed by atoms with Gasteiger partial charge in [-0.2, -0.15) is 13.2 Å². The molecule has 9 heteroatoms. The zero-order valence-corrected chi connectivity index (χ0v) is 12.3. The maximum Gasteiger partial charge on any atom is 0.419 e. The summed E-state index contributed by atoms with van der Waals surface area (Å²) >= 11 is 3.27. The van der Waals surface area contributed by atoms with Crippen molar-refractivity contribution in [1.82, 2.24) is 15.0 Å². The van der Waals surface area contributed by atoms with Crippen LogP contribution in [0.3, 0.4) is 0 Å². The number of nitrogens with zero attached hydrogens (tertiary/aromatic N) is 4. The van der Waals surface area contributed by atoms with Crippen molar-refractivity contribution in [1.29, 1.82) is 0 Å². The molecule has 0 atom stereocenters. The highest BCUT2D eigenvalue weighted by Crippen LogP contribution is 2.29. The molecule has 0 saturated heterocycles. The molecule has 2 aromatic rings. The summed E-state index contributed by atoms with van der Waals surface area (Å²) in [7, 11) is 0. The molecule has 0 unspecified atom stereocenters. The van der Waals surface area contributed by atoms with Crippen molar-refractivity contribution < 1.29 is 17.6 Å². The number of aromatic nitrogens is 3. The normalized spacial score (nSPS) is 15.1. The van der Waals surface area contributed by atoms with Crippen molar-refractivity contribution in [3.63, 3.8) is 0 Å². The van der Waals surface area contributed by atoms with Crippen LogP contribution in [-0.4, -0.2) is 21.5 Å². The quantitative estimate of drug-likeness (QED) is 0.768. The lowest BCUT2D eigenvalue weighted by molar-refractivity contribution is -0.138. The summed E-state index contributed by atoms with van der Waals surface area (Å²) in [6.45, 7) is 0.993. The van der Waals surface area contributed by atoms with Crippen molar-refractivity contribution in [3.8, 4) is 0 Å². The van der Waals surface area contributed by atoms with Crippen LogP contribution in [0, 0.1) is 0 Å². The van der Waals surface area contributed by atoms with Crippen LogP contribution in [0.4, 0.5) is 19.1 Å². The fraction of sp³-hybridized carbons (Fsp3) is 0.417. The SMILES string of the molecule is FC(F)(F)c1cnc(N2CCc3nc(CBr)oc3C2)nc1. The number of fused-ring (bicyclic) bond motifs is 1. The molecule has 5 nitrogen and oxygen atoms in total. The Morgan fingerprint density at radius 3 is 2.62 bits per heavy atom. The van der Waals surface area contributed by atoms with Crippen LogP contribution in [0.15, 0.2) is 16.8 Å². The summed E-state index contributed by atoms with van der Waals surface area (Å²) in [5.74, 6) is 1.56. The van der Waals surface area contributed by atoms with Gasteiger partial charge in [-0.3, -0.25) is 0 Å². The fourth-order valence-electron chi connectivity index (χ4n) is 2.11. The number of oxazole rings is 1. The van der Waals surface area contributed by atoms with Gasteiger partial charge < -0.3 is 9.32 Å². The minimum absolute atomic E-state index is 0.255. The second kappa shape index (κ2) is 5.28. The lowest BCUT2D eigenvalue weighted by Gasteiger charge is -2.25. The molecule has 2 aromatic heterocycles. The summed E-state index contributed by atoms with van der Waals surface area (Å²) < 4.78 is 43.0. The number of hydrogen-bond donors (Lipinski definition) is 0. The Labute approximate surface area is 126 Å². The summed E-state index contributed by atoms with van der Waals surface area (Å²) in [6, 6.07) is 0. The number of alkyl halides is 4. The van der Waals surface area contributed by atoms with Gasteiger partial charge in [0.15, 0.2) is 0 Å². The summed E-state index contributed by atoms with van der Waals surface area (Å²) in [5.41, 5.74) is 0.0257. The molecule has 0 spiro atoms. The van der Waals surface area contributed by atoms with E-state index in [9.17, 15) is 13.2 Å². The van der Waals surface area contributed by atoms with E-state index in [2.05, 4.69) is 30.9 Å². The van der Waals surface area contributed by atoms with Gasteiger partial charge in [-0.1, -0.05) is 15.9 Å². The molecule has 1 aliphatic heterocycles. The van der Waals surface area contributed by atoms with Gasteiger partial charge >= 0.3 is 6.18 Å². The predicted octanol–water partition coefficient (Wildman–Crippen LogP) is 2.94. The van der Waals surface area contributed by atoms with Crippen molar-refractivity contribution in [2.24, 2.45) is 0 Å². The maximum absolute atomic E-state index is 12.5. The first-order valence-electron chi connectivity index (χ1n) is 6.15. The Bertz CT molecular complexity index is 641. The Morgan fingerprint density at radius 2 is 2.00 bits per heavy atom. The third-order valence-corrected chi connectivity index (χ3v) is 3.62. The molecule has 112 valence electrons. The first-order valence-corrected chi connectivity index (χ1v) is 7.27. The van der Waals surface area contributed by atoms with Crippen molar-refractivity contribution >= 4 is 21.9 Å². The molecule has 1 aliphatic rings. The van der Waals surface area contributed by atoms with E-state index in [4.69, 9.17) is 4.42 Å². The molecule has 0 bridgehead atoms. The molecule has 3 rings (SSSR count). The smallest absolute Gasteiger partial charge is 0.419 e. The first kappa shape index (κ1) is 14.3. The van der Waals surface area contributed by atoms with Gasteiger partial charge in [0.2, 0.25) is 11.8 Å². The van der Waals surface area contributed by atoms with Crippen LogP contribution in [-0.2, 0) is 24.5 Å². The van der Waals surface area contributed by atoms with Gasteiger partial charge in [0, 0.05) is 25.4 Å². The average molecular weight is 363 g/mol. The van der Waals surface area contributed by atoms with Gasteiger partial charge in [-0.15, -0.1) is 0 Å². The molecular formula is C12H10BrF3N4O. The van der Waals surface area contributed by atoms with Gasteiger partial charge in [0.1, 0.15) is 5.76 Å². The van der Waals surface area contributed by atoms with E-state index in [1.54, 1.807) is 4.90 Å². The minimum atomic E-state index is -4.43. The van der Waals surface area contributed by atoms with Crippen LogP contribution in [0.5, 0.6) is 0 Å². The number of anilines is 1. The highest BCUT2D eigenvalue weighted by Gasteiger charge is 2.32. The van der Waals surface area contributed by atoms with Crippen LogP contribution in [0.25, 0.3) is 0 Å². The molecule has 0 aromatic carbocycles. The molecule has 0 radical (unpaired) electrons. The van der Waals surface area contributed by atoms with Crippen molar-refractivity contribution in [2.75, 3.05) is 11.4 Å². The van der Waals surface area contributed by atoms with E-state index >= 15 is 0 Å². The lowest BCUT2D eigenvalue weighted by atomic mass is 10.2. The minimum Gasteiger partial charge on any atom is -0.443 e. The third kappa shape index (κ3) is 2.87. The van der Waals surface area contributed by atoms with E-state index in [0.29, 0.717) is 36.5 Å². The van der Waals surface area contributed by atoms with E-state index in [-0.39, 0.29) is 5.95 Å². The summed E-state index contributed by atoms with van der Waals surface area (Å²) in [5, 5.41) is 0.525. The molecule has 0 aliphatic carbocycles.